The van der Waals surface area contributed by atoms with Crippen molar-refractivity contribution in [3.05, 3.63) is 77.9 Å². The van der Waals surface area contributed by atoms with Crippen LogP contribution in [0.4, 0.5) is 4.39 Å². The Morgan fingerprint density at radius 1 is 1.06 bits per heavy atom. The number of benzene rings is 2. The maximum absolute atomic E-state index is 13.7. The van der Waals surface area contributed by atoms with Crippen molar-refractivity contribution in [2.45, 2.75) is 83.1 Å². The molecule has 0 aromatic heterocycles. The molecule has 1 aliphatic heterocycles. The zero-order valence-electron chi connectivity index (χ0n) is 22.1. The van der Waals surface area contributed by atoms with E-state index in [0.717, 1.165) is 30.5 Å². The Kier molecular flexibility index (Phi) is 8.68. The summed E-state index contributed by atoms with van der Waals surface area (Å²) in [5.74, 6) is 2.96. The van der Waals surface area contributed by atoms with Crippen LogP contribution < -0.4 is 0 Å². The number of alkyl halides is 1. The Bertz CT molecular complexity index is 938. The zero-order valence-corrected chi connectivity index (χ0v) is 22.9. The highest BCUT2D eigenvalue weighted by Crippen LogP contribution is 2.53. The topological polar surface area (TPSA) is 3.24 Å². The number of halogens is 1. The Morgan fingerprint density at radius 3 is 2.37 bits per heavy atom. The van der Waals surface area contributed by atoms with Crippen molar-refractivity contribution >= 4 is 17.5 Å². The van der Waals surface area contributed by atoms with Gasteiger partial charge >= 0.3 is 0 Å². The quantitative estimate of drug-likeness (QED) is 0.343. The van der Waals surface area contributed by atoms with Crippen LogP contribution in [0.2, 0.25) is 0 Å². The normalized spacial score (nSPS) is 22.3. The number of thioether (sulfide) groups is 1. The Hall–Kier alpha value is -1.74. The number of hydrogen-bond acceptors (Lipinski definition) is 2. The first kappa shape index (κ1) is 26.3. The summed E-state index contributed by atoms with van der Waals surface area (Å²) in [6.07, 6.45) is 9.35. The second kappa shape index (κ2) is 11.5. The highest BCUT2D eigenvalue weighted by molar-refractivity contribution is 7.98. The molecule has 2 fully saturated rings. The Morgan fingerprint density at radius 2 is 1.74 bits per heavy atom. The molecule has 1 saturated carbocycles. The molecular formula is C32H44FNS. The van der Waals surface area contributed by atoms with Crippen LogP contribution in [0.5, 0.6) is 0 Å². The summed E-state index contributed by atoms with van der Waals surface area (Å²) in [6, 6.07) is 20.0. The highest BCUT2D eigenvalue weighted by Gasteiger charge is 2.42. The van der Waals surface area contributed by atoms with Crippen LogP contribution in [0, 0.1) is 11.3 Å². The molecule has 2 atom stereocenters. The Balaban J connectivity index is 1.35. The molecule has 0 N–H and O–H groups in total. The molecule has 1 aliphatic carbocycles. The van der Waals surface area contributed by atoms with Crippen molar-refractivity contribution in [2.24, 2.45) is 11.3 Å². The summed E-state index contributed by atoms with van der Waals surface area (Å²) in [5, 5.41) is 0. The van der Waals surface area contributed by atoms with Gasteiger partial charge in [0.25, 0.3) is 0 Å². The molecule has 0 radical (unpaired) electrons. The third-order valence-electron chi connectivity index (χ3n) is 8.19. The van der Waals surface area contributed by atoms with Gasteiger partial charge in [0.15, 0.2) is 0 Å². The van der Waals surface area contributed by atoms with Gasteiger partial charge in [-0.05, 0) is 79.9 Å². The molecule has 190 valence electrons. The van der Waals surface area contributed by atoms with Crippen LogP contribution in [0.1, 0.15) is 88.3 Å². The van der Waals surface area contributed by atoms with E-state index in [-0.39, 0.29) is 0 Å². The summed E-state index contributed by atoms with van der Waals surface area (Å²) in [6.45, 7) is 12.4. The summed E-state index contributed by atoms with van der Waals surface area (Å²) >= 11 is 1.66. The third-order valence-corrected chi connectivity index (χ3v) is 9.62. The predicted molar refractivity (Wildman–Crippen MR) is 151 cm³/mol. The van der Waals surface area contributed by atoms with Crippen molar-refractivity contribution in [1.82, 2.24) is 4.90 Å². The van der Waals surface area contributed by atoms with Crippen molar-refractivity contribution in [2.75, 3.05) is 18.8 Å². The van der Waals surface area contributed by atoms with E-state index in [4.69, 9.17) is 0 Å². The first-order chi connectivity index (χ1) is 16.8. The van der Waals surface area contributed by atoms with Crippen LogP contribution >= 0.6 is 11.8 Å². The lowest BCUT2D eigenvalue weighted by atomic mass is 9.59. The second-order valence-electron chi connectivity index (χ2n) is 11.7. The maximum atomic E-state index is 13.7. The van der Waals surface area contributed by atoms with E-state index in [0.29, 0.717) is 17.1 Å². The van der Waals surface area contributed by atoms with Gasteiger partial charge in [-0.1, -0.05) is 80.9 Å². The predicted octanol–water partition coefficient (Wildman–Crippen LogP) is 9.10. The molecule has 1 nitrogen and oxygen atoms in total. The number of rotatable bonds is 9. The fourth-order valence-electron chi connectivity index (χ4n) is 6.44. The van der Waals surface area contributed by atoms with Gasteiger partial charge in [0.1, 0.15) is 5.67 Å². The summed E-state index contributed by atoms with van der Waals surface area (Å²) in [4.78, 5) is 2.52. The number of hydrogen-bond donors (Lipinski definition) is 0. The van der Waals surface area contributed by atoms with Crippen LogP contribution in [0.15, 0.2) is 61.2 Å². The van der Waals surface area contributed by atoms with Crippen LogP contribution in [0.3, 0.4) is 0 Å². The molecule has 2 aliphatic rings. The van der Waals surface area contributed by atoms with Crippen LogP contribution in [-0.2, 0) is 5.75 Å². The van der Waals surface area contributed by atoms with Crippen LogP contribution in [-0.4, -0.2) is 29.4 Å². The SMILES string of the molecule is C=C(c1ccc(CSCC(C)(C)F)cc1)N1CCC2(CC1)CC(CCC)CC(c1ccccc1)C2. The Labute approximate surface area is 217 Å². The van der Waals surface area contributed by atoms with Crippen molar-refractivity contribution in [3.8, 4) is 0 Å². The van der Waals surface area contributed by atoms with Gasteiger partial charge < -0.3 is 4.90 Å². The zero-order chi connectivity index (χ0) is 24.9. The highest BCUT2D eigenvalue weighted by atomic mass is 32.2. The lowest BCUT2D eigenvalue weighted by Gasteiger charge is -2.50. The van der Waals surface area contributed by atoms with Crippen molar-refractivity contribution in [3.63, 3.8) is 0 Å². The summed E-state index contributed by atoms with van der Waals surface area (Å²) in [5.41, 5.74) is 4.55. The largest absolute Gasteiger partial charge is 0.371 e. The molecule has 2 unspecified atom stereocenters. The number of piperidine rings is 1. The minimum Gasteiger partial charge on any atom is -0.371 e. The van der Waals surface area contributed by atoms with Gasteiger partial charge in [0, 0.05) is 30.3 Å². The molecule has 1 saturated heterocycles. The number of nitrogens with zero attached hydrogens (tertiary/aromatic N) is 1. The minimum atomic E-state index is -1.11. The van der Waals surface area contributed by atoms with E-state index in [9.17, 15) is 4.39 Å². The molecule has 3 heteroatoms. The summed E-state index contributed by atoms with van der Waals surface area (Å²) < 4.78 is 13.7. The number of likely N-dealkylation sites (tertiary alicyclic amines) is 1. The molecule has 4 rings (SSSR count). The molecule has 1 spiro atoms. The maximum Gasteiger partial charge on any atom is 0.114 e. The smallest absolute Gasteiger partial charge is 0.114 e. The van der Waals surface area contributed by atoms with Crippen molar-refractivity contribution in [1.29, 1.82) is 0 Å². The van der Waals surface area contributed by atoms with E-state index in [1.165, 1.54) is 56.1 Å². The monoisotopic (exact) mass is 493 g/mol. The lowest BCUT2D eigenvalue weighted by molar-refractivity contribution is 0.0510. The molecule has 0 bridgehead atoms. The van der Waals surface area contributed by atoms with E-state index < -0.39 is 5.67 Å². The van der Waals surface area contributed by atoms with Gasteiger partial charge in [0.05, 0.1) is 0 Å². The van der Waals surface area contributed by atoms with E-state index >= 15 is 0 Å². The fourth-order valence-corrected chi connectivity index (χ4v) is 7.46. The molecule has 1 heterocycles. The lowest BCUT2D eigenvalue weighted by Crippen LogP contribution is -2.43. The molecule has 0 amide bonds. The van der Waals surface area contributed by atoms with Gasteiger partial charge in [-0.3, -0.25) is 0 Å². The van der Waals surface area contributed by atoms with Crippen molar-refractivity contribution < 1.29 is 4.39 Å². The standard InChI is InChI=1S/C32H44FNS/c1-5-9-27-20-30(29-10-7-6-8-11-29)22-32(21-27)16-18-34(19-17-32)25(2)28-14-12-26(13-15-28)23-35-24-31(3,4)33/h6-8,10-15,27,30H,2,5,9,16-24H2,1,3-4H3. The average molecular weight is 494 g/mol. The van der Waals surface area contributed by atoms with E-state index in [2.05, 4.69) is 73.0 Å². The van der Waals surface area contributed by atoms with Gasteiger partial charge in [-0.2, -0.15) is 11.8 Å². The molecule has 35 heavy (non-hydrogen) atoms. The van der Waals surface area contributed by atoms with Gasteiger partial charge in [-0.15, -0.1) is 0 Å². The first-order valence-electron chi connectivity index (χ1n) is 13.6. The third kappa shape index (κ3) is 7.15. The van der Waals surface area contributed by atoms with Gasteiger partial charge in [-0.25, -0.2) is 4.39 Å². The average Bonchev–Trinajstić information content (AvgIpc) is 2.84. The second-order valence-corrected chi connectivity index (χ2v) is 12.7. The molecular weight excluding hydrogens is 449 g/mol. The van der Waals surface area contributed by atoms with Gasteiger partial charge in [0.2, 0.25) is 0 Å². The van der Waals surface area contributed by atoms with E-state index in [1.807, 2.05) is 0 Å². The summed E-state index contributed by atoms with van der Waals surface area (Å²) in [7, 11) is 0. The fraction of sp³-hybridized carbons (Fsp3) is 0.562. The minimum absolute atomic E-state index is 0.487. The molecule has 2 aromatic rings. The molecule has 2 aromatic carbocycles. The van der Waals surface area contributed by atoms with Crippen LogP contribution in [0.25, 0.3) is 5.70 Å². The van der Waals surface area contributed by atoms with E-state index in [1.54, 1.807) is 31.2 Å². The first-order valence-corrected chi connectivity index (χ1v) is 14.8.